The van der Waals surface area contributed by atoms with E-state index < -0.39 is 0 Å². The topological polar surface area (TPSA) is 38.8 Å². The molecule has 0 bridgehead atoms. The Bertz CT molecular complexity index is 980. The van der Waals surface area contributed by atoms with Crippen LogP contribution in [0.1, 0.15) is 29.8 Å². The molecule has 4 nitrogen and oxygen atoms in total. The highest BCUT2D eigenvalue weighted by molar-refractivity contribution is 6.10. The summed E-state index contributed by atoms with van der Waals surface area (Å²) in [5.74, 6) is 1.21. The van der Waals surface area contributed by atoms with Gasteiger partial charge in [0.2, 0.25) is 5.78 Å². The maximum Gasteiger partial charge on any atom is 0.228 e. The lowest BCUT2D eigenvalue weighted by molar-refractivity contribution is 0.0987. The number of allylic oxidation sites excluding steroid dienone is 1. The number of likely N-dealkylation sites (N-methyl/N-ethyl adjacent to an activating group) is 1. The van der Waals surface area contributed by atoms with Crippen molar-refractivity contribution in [3.05, 3.63) is 102 Å². The van der Waals surface area contributed by atoms with Gasteiger partial charge in [0, 0.05) is 12.1 Å². The van der Waals surface area contributed by atoms with Gasteiger partial charge in [-0.15, -0.1) is 0 Å². The van der Waals surface area contributed by atoms with Gasteiger partial charge in [0.05, 0.1) is 0 Å². The molecular weight excluding hydrogens is 386 g/mol. The van der Waals surface area contributed by atoms with Crippen LogP contribution in [0.15, 0.2) is 90.7 Å². The molecule has 0 aliphatic heterocycles. The molecule has 0 fully saturated rings. The van der Waals surface area contributed by atoms with Crippen LogP contribution in [0.3, 0.4) is 0 Å². The number of ether oxygens (including phenoxy) is 2. The fourth-order valence-electron chi connectivity index (χ4n) is 3.17. The highest BCUT2D eigenvalue weighted by Crippen LogP contribution is 2.29. The van der Waals surface area contributed by atoms with E-state index in [1.807, 2.05) is 72.8 Å². The number of Topliss-reactive ketones (excluding diaryl/α,β-unsaturated/α-hetero) is 1. The van der Waals surface area contributed by atoms with E-state index in [1.165, 1.54) is 0 Å². The monoisotopic (exact) mass is 415 g/mol. The number of carbonyl (C=O) groups excluding carboxylic acids is 1. The van der Waals surface area contributed by atoms with E-state index in [-0.39, 0.29) is 11.5 Å². The Morgan fingerprint density at radius 2 is 1.39 bits per heavy atom. The van der Waals surface area contributed by atoms with Crippen LogP contribution in [-0.2, 0) is 0 Å². The fourth-order valence-corrected chi connectivity index (χ4v) is 3.17. The molecule has 3 rings (SSSR count). The number of carbonyl (C=O) groups is 1. The van der Waals surface area contributed by atoms with Crippen molar-refractivity contribution in [1.29, 1.82) is 0 Å². The first-order chi connectivity index (χ1) is 15.2. The molecule has 0 aliphatic carbocycles. The number of ketones is 1. The van der Waals surface area contributed by atoms with Crippen LogP contribution in [0.5, 0.6) is 11.5 Å². The zero-order chi connectivity index (χ0) is 21.9. The lowest BCUT2D eigenvalue weighted by Crippen LogP contribution is -2.28. The fraction of sp³-hybridized carbons (Fsp3) is 0.222. The highest BCUT2D eigenvalue weighted by Gasteiger charge is 2.17. The van der Waals surface area contributed by atoms with Gasteiger partial charge in [-0.2, -0.15) is 0 Å². The van der Waals surface area contributed by atoms with Gasteiger partial charge in [0.25, 0.3) is 0 Å². The summed E-state index contributed by atoms with van der Waals surface area (Å²) in [6.45, 7) is 7.61. The quantitative estimate of drug-likeness (QED) is 0.228. The molecule has 31 heavy (non-hydrogen) atoms. The number of rotatable bonds is 11. The van der Waals surface area contributed by atoms with Gasteiger partial charge in [0.1, 0.15) is 6.61 Å². The van der Waals surface area contributed by atoms with Gasteiger partial charge >= 0.3 is 0 Å². The molecule has 160 valence electrons. The molecule has 3 aromatic carbocycles. The Morgan fingerprint density at radius 1 is 0.806 bits per heavy atom. The number of hydrogen-bond donors (Lipinski definition) is 0. The smallest absolute Gasteiger partial charge is 0.228 e. The van der Waals surface area contributed by atoms with Crippen molar-refractivity contribution in [3.63, 3.8) is 0 Å². The average Bonchev–Trinajstić information content (AvgIpc) is 2.83. The summed E-state index contributed by atoms with van der Waals surface area (Å²) in [7, 11) is 0. The maximum absolute atomic E-state index is 13.2. The Labute approximate surface area is 184 Å². The first-order valence-electron chi connectivity index (χ1n) is 10.7. The van der Waals surface area contributed by atoms with Crippen molar-refractivity contribution >= 4 is 11.9 Å². The van der Waals surface area contributed by atoms with E-state index in [2.05, 4.69) is 18.7 Å². The molecule has 0 saturated carbocycles. The zero-order valence-electron chi connectivity index (χ0n) is 18.2. The van der Waals surface area contributed by atoms with Crippen LogP contribution in [0.25, 0.3) is 6.08 Å². The van der Waals surface area contributed by atoms with Crippen LogP contribution in [-0.4, -0.2) is 36.9 Å². The molecule has 0 heterocycles. The number of hydrogen-bond acceptors (Lipinski definition) is 4. The molecule has 3 aromatic rings. The summed E-state index contributed by atoms with van der Waals surface area (Å²) < 4.78 is 12.2. The Morgan fingerprint density at radius 3 is 2.03 bits per heavy atom. The second kappa shape index (κ2) is 11.7. The summed E-state index contributed by atoms with van der Waals surface area (Å²) in [5, 5.41) is 0. The second-order valence-corrected chi connectivity index (χ2v) is 7.04. The van der Waals surface area contributed by atoms with Crippen LogP contribution in [0.2, 0.25) is 0 Å². The van der Waals surface area contributed by atoms with E-state index in [0.29, 0.717) is 23.7 Å². The summed E-state index contributed by atoms with van der Waals surface area (Å²) in [4.78, 5) is 15.5. The molecule has 0 aromatic heterocycles. The third kappa shape index (κ3) is 6.56. The normalized spacial score (nSPS) is 11.4. The average molecular weight is 416 g/mol. The van der Waals surface area contributed by atoms with E-state index in [0.717, 1.165) is 25.2 Å². The molecular formula is C27H29NO3. The Hall–Kier alpha value is -3.37. The van der Waals surface area contributed by atoms with Gasteiger partial charge in [0.15, 0.2) is 17.3 Å². The molecule has 0 atom stereocenters. The third-order valence-electron chi connectivity index (χ3n) is 4.99. The summed E-state index contributed by atoms with van der Waals surface area (Å²) in [5.41, 5.74) is 1.46. The van der Waals surface area contributed by atoms with E-state index in [1.54, 1.807) is 18.2 Å². The van der Waals surface area contributed by atoms with E-state index >= 15 is 0 Å². The van der Waals surface area contributed by atoms with Crippen molar-refractivity contribution < 1.29 is 14.3 Å². The molecule has 0 spiro atoms. The van der Waals surface area contributed by atoms with Gasteiger partial charge in [-0.1, -0.05) is 86.6 Å². The predicted octanol–water partition coefficient (Wildman–Crippen LogP) is 5.71. The minimum Gasteiger partial charge on any atom is -0.488 e. The van der Waals surface area contributed by atoms with Crippen LogP contribution >= 0.6 is 0 Å². The molecule has 0 aliphatic rings. The molecule has 0 amide bonds. The van der Waals surface area contributed by atoms with Crippen LogP contribution in [0, 0.1) is 0 Å². The standard InChI is InChI=1S/C27H29NO3/c1-3-28(4-2)19-20-30-24-17-11-12-18-25(24)31-26(21-22-13-7-5-8-14-22)27(29)23-15-9-6-10-16-23/h5-18,21H,3-4,19-20H2,1-2H3/b26-21-. The number of para-hydroxylation sites is 2. The molecule has 4 heteroatoms. The SMILES string of the molecule is CCN(CC)CCOc1ccccc1O/C(=C\c1ccccc1)C(=O)c1ccccc1. The number of benzene rings is 3. The molecule has 0 radical (unpaired) electrons. The van der Waals surface area contributed by atoms with Crippen molar-refractivity contribution in [2.75, 3.05) is 26.2 Å². The summed E-state index contributed by atoms with van der Waals surface area (Å²) in [6, 6.07) is 26.3. The minimum atomic E-state index is -0.178. The van der Waals surface area contributed by atoms with Crippen molar-refractivity contribution in [2.24, 2.45) is 0 Å². The van der Waals surface area contributed by atoms with Crippen molar-refractivity contribution in [3.8, 4) is 11.5 Å². The largest absolute Gasteiger partial charge is 0.488 e. The lowest BCUT2D eigenvalue weighted by atomic mass is 10.1. The maximum atomic E-state index is 13.2. The van der Waals surface area contributed by atoms with Crippen LogP contribution in [0.4, 0.5) is 0 Å². The first kappa shape index (κ1) is 22.3. The Balaban J connectivity index is 1.85. The van der Waals surface area contributed by atoms with Gasteiger partial charge in [-0.25, -0.2) is 0 Å². The third-order valence-corrected chi connectivity index (χ3v) is 4.99. The minimum absolute atomic E-state index is 0.178. The van der Waals surface area contributed by atoms with Gasteiger partial charge in [-0.3, -0.25) is 4.79 Å². The number of nitrogens with zero attached hydrogens (tertiary/aromatic N) is 1. The zero-order valence-corrected chi connectivity index (χ0v) is 18.2. The molecule has 0 unspecified atom stereocenters. The highest BCUT2D eigenvalue weighted by atomic mass is 16.5. The lowest BCUT2D eigenvalue weighted by Gasteiger charge is -2.19. The molecule has 0 saturated heterocycles. The summed E-state index contributed by atoms with van der Waals surface area (Å²) in [6.07, 6.45) is 1.77. The van der Waals surface area contributed by atoms with E-state index in [9.17, 15) is 4.79 Å². The van der Waals surface area contributed by atoms with Gasteiger partial charge < -0.3 is 14.4 Å². The Kier molecular flexibility index (Phi) is 8.44. The first-order valence-corrected chi connectivity index (χ1v) is 10.7. The van der Waals surface area contributed by atoms with E-state index in [4.69, 9.17) is 9.47 Å². The molecule has 0 N–H and O–H groups in total. The van der Waals surface area contributed by atoms with Gasteiger partial charge in [-0.05, 0) is 36.9 Å². The predicted molar refractivity (Wildman–Crippen MR) is 126 cm³/mol. The van der Waals surface area contributed by atoms with Crippen molar-refractivity contribution in [2.45, 2.75) is 13.8 Å². The van der Waals surface area contributed by atoms with Crippen molar-refractivity contribution in [1.82, 2.24) is 4.90 Å². The summed E-state index contributed by atoms with van der Waals surface area (Å²) >= 11 is 0. The van der Waals surface area contributed by atoms with Crippen LogP contribution < -0.4 is 9.47 Å². The second-order valence-electron chi connectivity index (χ2n) is 7.04.